The molecule has 0 spiro atoms. The van der Waals surface area contributed by atoms with Gasteiger partial charge in [0.25, 0.3) is 0 Å². The number of rotatable bonds is 5. The number of hydrogen-bond acceptors (Lipinski definition) is 4. The average molecular weight is 323 g/mol. The molecule has 0 saturated carbocycles. The number of amides is 1. The van der Waals surface area contributed by atoms with Gasteiger partial charge in [0.2, 0.25) is 11.8 Å². The van der Waals surface area contributed by atoms with Crippen molar-refractivity contribution in [1.82, 2.24) is 10.3 Å². The zero-order chi connectivity index (χ0) is 16.3. The highest BCUT2D eigenvalue weighted by molar-refractivity contribution is 6.30. The van der Waals surface area contributed by atoms with Crippen LogP contribution in [0.25, 0.3) is 11.5 Å². The summed E-state index contributed by atoms with van der Waals surface area (Å²) in [4.78, 5) is 16.2. The second kappa shape index (κ2) is 6.50. The largest absolute Gasteiger partial charge is 0.441 e. The minimum atomic E-state index is -0.944. The van der Waals surface area contributed by atoms with Gasteiger partial charge in [-0.15, -0.1) is 0 Å². The molecule has 2 rings (SSSR count). The van der Waals surface area contributed by atoms with Crippen molar-refractivity contribution in [2.75, 3.05) is 6.54 Å². The summed E-state index contributed by atoms with van der Waals surface area (Å²) in [6, 6.07) is 7.18. The van der Waals surface area contributed by atoms with Gasteiger partial charge in [-0.3, -0.25) is 4.79 Å². The number of nitrogens with one attached hydrogen (secondary N) is 1. The molecule has 0 fully saturated rings. The van der Waals surface area contributed by atoms with Crippen molar-refractivity contribution >= 4 is 17.5 Å². The van der Waals surface area contributed by atoms with Crippen LogP contribution in [0.15, 0.2) is 28.7 Å². The molecule has 0 aliphatic carbocycles. The SMILES string of the molecule is Cc1oc(-c2cccc(Cl)c2)nc1CC(=O)NCC(C)(C)O. The summed E-state index contributed by atoms with van der Waals surface area (Å²) < 4.78 is 5.60. The van der Waals surface area contributed by atoms with E-state index < -0.39 is 5.60 Å². The fourth-order valence-corrected chi connectivity index (χ4v) is 2.06. The van der Waals surface area contributed by atoms with Crippen LogP contribution in [0.4, 0.5) is 0 Å². The zero-order valence-corrected chi connectivity index (χ0v) is 13.6. The van der Waals surface area contributed by atoms with Crippen LogP contribution in [0.5, 0.6) is 0 Å². The van der Waals surface area contributed by atoms with Crippen molar-refractivity contribution in [2.45, 2.75) is 32.8 Å². The minimum Gasteiger partial charge on any atom is -0.441 e. The maximum atomic E-state index is 11.9. The zero-order valence-electron chi connectivity index (χ0n) is 12.8. The van der Waals surface area contributed by atoms with E-state index in [-0.39, 0.29) is 18.9 Å². The molecule has 0 unspecified atom stereocenters. The second-order valence-corrected chi connectivity index (χ2v) is 6.23. The van der Waals surface area contributed by atoms with E-state index in [1.165, 1.54) is 0 Å². The van der Waals surface area contributed by atoms with Gasteiger partial charge in [-0.1, -0.05) is 17.7 Å². The fourth-order valence-electron chi connectivity index (χ4n) is 1.87. The highest BCUT2D eigenvalue weighted by Gasteiger charge is 2.17. The van der Waals surface area contributed by atoms with Gasteiger partial charge < -0.3 is 14.8 Å². The molecule has 0 aliphatic heterocycles. The van der Waals surface area contributed by atoms with Gasteiger partial charge in [0.15, 0.2) is 0 Å². The van der Waals surface area contributed by atoms with Crippen LogP contribution in [0.3, 0.4) is 0 Å². The molecule has 0 radical (unpaired) electrons. The summed E-state index contributed by atoms with van der Waals surface area (Å²) in [5, 5.41) is 12.9. The van der Waals surface area contributed by atoms with Gasteiger partial charge in [0, 0.05) is 17.1 Å². The molecule has 5 nitrogen and oxygen atoms in total. The van der Waals surface area contributed by atoms with E-state index in [1.54, 1.807) is 32.9 Å². The maximum absolute atomic E-state index is 11.9. The Morgan fingerprint density at radius 1 is 1.45 bits per heavy atom. The summed E-state index contributed by atoms with van der Waals surface area (Å²) in [6.45, 7) is 5.21. The highest BCUT2D eigenvalue weighted by Crippen LogP contribution is 2.24. The average Bonchev–Trinajstić information content (AvgIpc) is 2.77. The monoisotopic (exact) mass is 322 g/mol. The molecule has 1 amide bonds. The molecule has 1 aromatic carbocycles. The number of oxazole rings is 1. The summed E-state index contributed by atoms with van der Waals surface area (Å²) >= 11 is 5.95. The third kappa shape index (κ3) is 4.58. The molecule has 1 heterocycles. The molecule has 6 heteroatoms. The molecule has 0 atom stereocenters. The molecule has 0 saturated heterocycles. The molecule has 118 valence electrons. The third-order valence-electron chi connectivity index (χ3n) is 3.01. The second-order valence-electron chi connectivity index (χ2n) is 5.80. The Bertz CT molecular complexity index is 674. The van der Waals surface area contributed by atoms with E-state index in [4.69, 9.17) is 16.0 Å². The van der Waals surface area contributed by atoms with Crippen molar-refractivity contribution < 1.29 is 14.3 Å². The summed E-state index contributed by atoms with van der Waals surface area (Å²) in [5.41, 5.74) is 0.391. The predicted octanol–water partition coefficient (Wildman–Crippen LogP) is 2.73. The first-order chi connectivity index (χ1) is 10.2. The highest BCUT2D eigenvalue weighted by atomic mass is 35.5. The number of aryl methyl sites for hydroxylation is 1. The first-order valence-electron chi connectivity index (χ1n) is 6.96. The first kappa shape index (κ1) is 16.5. The predicted molar refractivity (Wildman–Crippen MR) is 84.7 cm³/mol. The lowest BCUT2D eigenvalue weighted by molar-refractivity contribution is -0.121. The molecular formula is C16H19ClN2O3. The van der Waals surface area contributed by atoms with Crippen LogP contribution in [-0.2, 0) is 11.2 Å². The summed E-state index contributed by atoms with van der Waals surface area (Å²) in [7, 11) is 0. The molecule has 0 aliphatic rings. The molecule has 22 heavy (non-hydrogen) atoms. The standard InChI is InChI=1S/C16H19ClN2O3/c1-10-13(8-14(20)18-9-16(2,3)21)19-15(22-10)11-5-4-6-12(17)7-11/h4-7,21H,8-9H2,1-3H3,(H,18,20). The minimum absolute atomic E-state index is 0.103. The summed E-state index contributed by atoms with van der Waals surface area (Å²) in [6.07, 6.45) is 0.103. The maximum Gasteiger partial charge on any atom is 0.226 e. The summed E-state index contributed by atoms with van der Waals surface area (Å²) in [5.74, 6) is 0.815. The van der Waals surface area contributed by atoms with Crippen molar-refractivity contribution in [3.63, 3.8) is 0 Å². The van der Waals surface area contributed by atoms with E-state index in [9.17, 15) is 9.90 Å². The number of benzene rings is 1. The van der Waals surface area contributed by atoms with Crippen LogP contribution in [0, 0.1) is 6.92 Å². The molecule has 2 N–H and O–H groups in total. The number of aromatic nitrogens is 1. The molecule has 2 aromatic rings. The molecule has 1 aromatic heterocycles. The van der Waals surface area contributed by atoms with Crippen LogP contribution in [0.2, 0.25) is 5.02 Å². The van der Waals surface area contributed by atoms with Crippen LogP contribution >= 0.6 is 11.6 Å². The lowest BCUT2D eigenvalue weighted by Crippen LogP contribution is -2.38. The number of nitrogens with zero attached hydrogens (tertiary/aromatic N) is 1. The van der Waals surface area contributed by atoms with E-state index in [1.807, 2.05) is 12.1 Å². The third-order valence-corrected chi connectivity index (χ3v) is 3.25. The Balaban J connectivity index is 2.09. The smallest absolute Gasteiger partial charge is 0.226 e. The van der Waals surface area contributed by atoms with Gasteiger partial charge in [0.05, 0.1) is 17.7 Å². The van der Waals surface area contributed by atoms with E-state index in [2.05, 4.69) is 10.3 Å². The van der Waals surface area contributed by atoms with E-state index >= 15 is 0 Å². The Kier molecular flexibility index (Phi) is 4.88. The Morgan fingerprint density at radius 3 is 2.82 bits per heavy atom. The van der Waals surface area contributed by atoms with Gasteiger partial charge in [-0.2, -0.15) is 0 Å². The molecular weight excluding hydrogens is 304 g/mol. The Labute approximate surface area is 134 Å². The van der Waals surface area contributed by atoms with Gasteiger partial charge in [0.1, 0.15) is 5.76 Å². The van der Waals surface area contributed by atoms with Crippen molar-refractivity contribution in [1.29, 1.82) is 0 Å². The lowest BCUT2D eigenvalue weighted by Gasteiger charge is -2.17. The fraction of sp³-hybridized carbons (Fsp3) is 0.375. The van der Waals surface area contributed by atoms with Crippen LogP contribution in [0.1, 0.15) is 25.3 Å². The Hall–Kier alpha value is -1.85. The van der Waals surface area contributed by atoms with Crippen molar-refractivity contribution in [3.05, 3.63) is 40.7 Å². The van der Waals surface area contributed by atoms with Gasteiger partial charge >= 0.3 is 0 Å². The molecule has 0 bridgehead atoms. The van der Waals surface area contributed by atoms with Gasteiger partial charge in [-0.25, -0.2) is 4.98 Å². The van der Waals surface area contributed by atoms with E-state index in [0.717, 1.165) is 5.56 Å². The number of halogens is 1. The topological polar surface area (TPSA) is 75.4 Å². The lowest BCUT2D eigenvalue weighted by atomic mass is 10.1. The van der Waals surface area contributed by atoms with Crippen molar-refractivity contribution in [3.8, 4) is 11.5 Å². The van der Waals surface area contributed by atoms with Crippen LogP contribution < -0.4 is 5.32 Å². The van der Waals surface area contributed by atoms with E-state index in [0.29, 0.717) is 22.4 Å². The number of hydrogen-bond donors (Lipinski definition) is 2. The number of carbonyl (C=O) groups excluding carboxylic acids is 1. The Morgan fingerprint density at radius 2 is 2.18 bits per heavy atom. The van der Waals surface area contributed by atoms with Gasteiger partial charge in [-0.05, 0) is 39.0 Å². The van der Waals surface area contributed by atoms with Crippen LogP contribution in [-0.4, -0.2) is 28.1 Å². The van der Waals surface area contributed by atoms with Crippen molar-refractivity contribution in [2.24, 2.45) is 0 Å². The normalized spacial score (nSPS) is 11.5. The number of aliphatic hydroxyl groups is 1. The number of carbonyl (C=O) groups is 1. The quantitative estimate of drug-likeness (QED) is 0.887. The first-order valence-corrected chi connectivity index (χ1v) is 7.34.